The maximum Gasteiger partial charge on any atom is 0.417 e. The van der Waals surface area contributed by atoms with Crippen LogP contribution in [0.4, 0.5) is 13.2 Å². The van der Waals surface area contributed by atoms with Crippen LogP contribution >= 0.6 is 35.6 Å². The minimum atomic E-state index is -4.48. The van der Waals surface area contributed by atoms with Gasteiger partial charge in [-0.1, -0.05) is 11.6 Å². The number of likely N-dealkylation sites (tertiary alicyclic amines) is 1. The molecule has 2 fully saturated rings. The van der Waals surface area contributed by atoms with Gasteiger partial charge in [0.15, 0.2) is 5.96 Å². The van der Waals surface area contributed by atoms with Gasteiger partial charge in [0.1, 0.15) is 11.6 Å². The molecule has 0 unspecified atom stereocenters. The minimum absolute atomic E-state index is 0. The molecule has 0 atom stereocenters. The molecule has 0 bridgehead atoms. The zero-order chi connectivity index (χ0) is 20.1. The van der Waals surface area contributed by atoms with Gasteiger partial charge in [-0.2, -0.15) is 13.2 Å². The van der Waals surface area contributed by atoms with E-state index in [1.807, 2.05) is 0 Å². The zero-order valence-corrected chi connectivity index (χ0v) is 19.2. The Labute approximate surface area is 190 Å². The predicted molar refractivity (Wildman–Crippen MR) is 117 cm³/mol. The fourth-order valence-corrected chi connectivity index (χ4v) is 3.46. The second-order valence-corrected chi connectivity index (χ2v) is 7.45. The lowest BCUT2D eigenvalue weighted by Crippen LogP contribution is -2.49. The van der Waals surface area contributed by atoms with Crippen molar-refractivity contribution in [2.24, 2.45) is 4.99 Å². The lowest BCUT2D eigenvalue weighted by Gasteiger charge is -2.33. The Hall–Kier alpha value is -1.01. The Bertz CT molecular complexity index is 695. The Morgan fingerprint density at radius 2 is 2.00 bits per heavy atom. The van der Waals surface area contributed by atoms with Gasteiger partial charge in [0.25, 0.3) is 0 Å². The summed E-state index contributed by atoms with van der Waals surface area (Å²) in [6, 6.07) is 2.00. The van der Waals surface area contributed by atoms with Crippen LogP contribution in [0.1, 0.15) is 31.2 Å². The normalized spacial score (nSPS) is 18.9. The highest BCUT2D eigenvalue weighted by Gasteiger charge is 2.32. The molecule has 1 aliphatic heterocycles. The molecule has 1 aliphatic carbocycles. The fraction of sp³-hybridized carbons (Fsp3) is 0.667. The molecule has 6 nitrogen and oxygen atoms in total. The van der Waals surface area contributed by atoms with Crippen LogP contribution in [0.15, 0.2) is 17.3 Å². The first kappa shape index (κ1) is 24.3. The molecular formula is C18H26ClF3IN5O. The third-order valence-corrected chi connectivity index (χ3v) is 5.20. The van der Waals surface area contributed by atoms with Gasteiger partial charge in [0.05, 0.1) is 12.1 Å². The van der Waals surface area contributed by atoms with E-state index >= 15 is 0 Å². The van der Waals surface area contributed by atoms with Gasteiger partial charge in [0.2, 0.25) is 5.88 Å². The topological polar surface area (TPSA) is 61.8 Å². The third kappa shape index (κ3) is 7.32. The molecule has 2 aliphatic rings. The van der Waals surface area contributed by atoms with E-state index in [1.54, 1.807) is 7.05 Å². The molecule has 0 radical (unpaired) electrons. The van der Waals surface area contributed by atoms with E-state index < -0.39 is 11.7 Å². The van der Waals surface area contributed by atoms with Crippen molar-refractivity contribution in [3.05, 3.63) is 22.8 Å². The van der Waals surface area contributed by atoms with Gasteiger partial charge in [-0.25, -0.2) is 4.98 Å². The maximum atomic E-state index is 12.6. The fourth-order valence-electron chi connectivity index (χ4n) is 3.24. The highest BCUT2D eigenvalue weighted by atomic mass is 127. The number of hydrogen-bond donors (Lipinski definition) is 2. The highest BCUT2D eigenvalue weighted by Crippen LogP contribution is 2.33. The standard InChI is InChI=1S/C18H25ClF3N5O.HI/c1-23-17(26-13-4-7-27(8-5-13)14-2-3-14)24-6-9-28-16-15(19)10-12(11-25-16)18(20,21)22;/h10-11,13-14H,2-9H2,1H3,(H2,23,24,26);1H. The number of rotatable bonds is 6. The summed E-state index contributed by atoms with van der Waals surface area (Å²) in [4.78, 5) is 10.4. The van der Waals surface area contributed by atoms with Crippen LogP contribution in [0.25, 0.3) is 0 Å². The summed E-state index contributed by atoms with van der Waals surface area (Å²) in [5.74, 6) is 0.659. The summed E-state index contributed by atoms with van der Waals surface area (Å²) in [5, 5.41) is 6.38. The van der Waals surface area contributed by atoms with E-state index in [4.69, 9.17) is 16.3 Å². The largest absolute Gasteiger partial charge is 0.475 e. The molecule has 1 saturated heterocycles. The molecule has 0 aromatic carbocycles. The van der Waals surface area contributed by atoms with Crippen LogP contribution in [0, 0.1) is 0 Å². The van der Waals surface area contributed by atoms with Gasteiger partial charge in [0, 0.05) is 38.4 Å². The molecule has 3 rings (SSSR count). The van der Waals surface area contributed by atoms with Crippen molar-refractivity contribution in [3.63, 3.8) is 0 Å². The number of alkyl halides is 3. The third-order valence-electron chi connectivity index (χ3n) is 4.93. The van der Waals surface area contributed by atoms with Crippen molar-refractivity contribution in [2.45, 2.75) is 43.9 Å². The van der Waals surface area contributed by atoms with Crippen molar-refractivity contribution in [1.29, 1.82) is 0 Å². The monoisotopic (exact) mass is 547 g/mol. The van der Waals surface area contributed by atoms with Gasteiger partial charge >= 0.3 is 6.18 Å². The van der Waals surface area contributed by atoms with Crippen LogP contribution in [0.2, 0.25) is 5.02 Å². The number of aliphatic imine (C=N–C) groups is 1. The predicted octanol–water partition coefficient (Wildman–Crippen LogP) is 3.54. The quantitative estimate of drug-likeness (QED) is 0.247. The first-order valence-corrected chi connectivity index (χ1v) is 9.81. The van der Waals surface area contributed by atoms with Gasteiger partial charge < -0.3 is 20.3 Å². The average Bonchev–Trinajstić information content (AvgIpc) is 3.50. The Kier molecular flexibility index (Phi) is 9.08. The van der Waals surface area contributed by atoms with E-state index in [2.05, 4.69) is 25.5 Å². The van der Waals surface area contributed by atoms with E-state index in [9.17, 15) is 13.2 Å². The number of nitrogens with one attached hydrogen (secondary N) is 2. The average molecular weight is 548 g/mol. The molecule has 0 spiro atoms. The number of hydrogen-bond acceptors (Lipinski definition) is 4. The molecular weight excluding hydrogens is 522 g/mol. The van der Waals surface area contributed by atoms with E-state index in [0.717, 1.165) is 38.0 Å². The van der Waals surface area contributed by atoms with Crippen LogP contribution in [-0.4, -0.2) is 61.2 Å². The van der Waals surface area contributed by atoms with Crippen LogP contribution in [-0.2, 0) is 6.18 Å². The number of aromatic nitrogens is 1. The summed E-state index contributed by atoms with van der Waals surface area (Å²) in [6.07, 6.45) is 1.06. The number of halogens is 5. The van der Waals surface area contributed by atoms with E-state index in [-0.39, 0.29) is 41.5 Å². The summed E-state index contributed by atoms with van der Waals surface area (Å²) in [6.45, 7) is 2.83. The van der Waals surface area contributed by atoms with Gasteiger partial charge in [-0.05, 0) is 31.7 Å². The first-order chi connectivity index (χ1) is 13.4. The Morgan fingerprint density at radius 1 is 1.31 bits per heavy atom. The highest BCUT2D eigenvalue weighted by molar-refractivity contribution is 14.0. The number of guanidine groups is 1. The van der Waals surface area contributed by atoms with Gasteiger partial charge in [-0.3, -0.25) is 4.99 Å². The Morgan fingerprint density at radius 3 is 2.55 bits per heavy atom. The van der Waals surface area contributed by atoms with Crippen molar-refractivity contribution in [2.75, 3.05) is 33.3 Å². The van der Waals surface area contributed by atoms with Crippen molar-refractivity contribution in [3.8, 4) is 5.88 Å². The number of nitrogens with zero attached hydrogens (tertiary/aromatic N) is 3. The number of pyridine rings is 1. The zero-order valence-electron chi connectivity index (χ0n) is 16.1. The van der Waals surface area contributed by atoms with E-state index in [1.165, 1.54) is 12.8 Å². The number of ether oxygens (including phenoxy) is 1. The van der Waals surface area contributed by atoms with Crippen molar-refractivity contribution >= 4 is 41.5 Å². The minimum Gasteiger partial charge on any atom is -0.475 e. The van der Waals surface area contributed by atoms with E-state index in [0.29, 0.717) is 24.7 Å². The molecule has 2 N–H and O–H groups in total. The summed E-state index contributed by atoms with van der Waals surface area (Å²) < 4.78 is 43.2. The first-order valence-electron chi connectivity index (χ1n) is 9.43. The molecule has 1 saturated carbocycles. The van der Waals surface area contributed by atoms with Crippen molar-refractivity contribution < 1.29 is 17.9 Å². The molecule has 164 valence electrons. The summed E-state index contributed by atoms with van der Waals surface area (Å²) in [5.41, 5.74) is -0.902. The molecule has 0 amide bonds. The molecule has 1 aromatic rings. The molecule has 1 aromatic heterocycles. The lowest BCUT2D eigenvalue weighted by molar-refractivity contribution is -0.137. The number of piperidine rings is 1. The smallest absolute Gasteiger partial charge is 0.417 e. The second-order valence-electron chi connectivity index (χ2n) is 7.04. The maximum absolute atomic E-state index is 12.6. The molecule has 11 heteroatoms. The van der Waals surface area contributed by atoms with Crippen LogP contribution < -0.4 is 15.4 Å². The Balaban J connectivity index is 0.00000300. The van der Waals surface area contributed by atoms with Crippen LogP contribution in [0.5, 0.6) is 5.88 Å². The van der Waals surface area contributed by atoms with Gasteiger partial charge in [-0.15, -0.1) is 24.0 Å². The lowest BCUT2D eigenvalue weighted by atomic mass is 10.1. The molecule has 29 heavy (non-hydrogen) atoms. The second kappa shape index (κ2) is 10.9. The summed E-state index contributed by atoms with van der Waals surface area (Å²) in [7, 11) is 1.70. The van der Waals surface area contributed by atoms with Crippen LogP contribution in [0.3, 0.4) is 0 Å². The summed E-state index contributed by atoms with van der Waals surface area (Å²) >= 11 is 5.82. The SMILES string of the molecule is CN=C(NCCOc1ncc(C(F)(F)F)cc1Cl)NC1CCN(C2CC2)CC1.I. The molecule has 2 heterocycles. The van der Waals surface area contributed by atoms with Crippen molar-refractivity contribution in [1.82, 2.24) is 20.5 Å².